The van der Waals surface area contributed by atoms with Gasteiger partial charge in [0.1, 0.15) is 11.6 Å². The van der Waals surface area contributed by atoms with Gasteiger partial charge in [-0.15, -0.1) is 0 Å². The summed E-state index contributed by atoms with van der Waals surface area (Å²) < 4.78 is 5.33. The molecule has 88 valence electrons. The Hall–Kier alpha value is -1.16. The lowest BCUT2D eigenvalue weighted by molar-refractivity contribution is -0.117. The van der Waals surface area contributed by atoms with Crippen LogP contribution in [-0.4, -0.2) is 29.0 Å². The molecule has 0 aliphatic carbocycles. The first kappa shape index (κ1) is 11.3. The second kappa shape index (κ2) is 5.25. The molecule has 1 fully saturated rings. The Morgan fingerprint density at radius 2 is 2.31 bits per heavy atom. The van der Waals surface area contributed by atoms with E-state index in [-0.39, 0.29) is 5.78 Å². The van der Waals surface area contributed by atoms with Gasteiger partial charge in [0.15, 0.2) is 0 Å². The van der Waals surface area contributed by atoms with Crippen molar-refractivity contribution in [1.82, 2.24) is 9.97 Å². The molecule has 1 aromatic rings. The summed E-state index contributed by atoms with van der Waals surface area (Å²) in [5.41, 5.74) is 1.20. The number of aromatic nitrogens is 2. The molecule has 0 radical (unpaired) electrons. The Kier molecular flexibility index (Phi) is 3.72. The van der Waals surface area contributed by atoms with Crippen LogP contribution in [0, 0.1) is 0 Å². The molecule has 0 atom stereocenters. The number of imidazole rings is 1. The van der Waals surface area contributed by atoms with Crippen molar-refractivity contribution in [2.24, 2.45) is 0 Å². The molecule has 0 bridgehead atoms. The Morgan fingerprint density at radius 1 is 1.56 bits per heavy atom. The summed E-state index contributed by atoms with van der Waals surface area (Å²) in [6, 6.07) is 0. The Labute approximate surface area is 95.4 Å². The predicted molar refractivity (Wildman–Crippen MR) is 60.4 cm³/mol. The van der Waals surface area contributed by atoms with Gasteiger partial charge in [-0.25, -0.2) is 4.98 Å². The van der Waals surface area contributed by atoms with E-state index >= 15 is 0 Å². The first-order valence-electron chi connectivity index (χ1n) is 5.86. The van der Waals surface area contributed by atoms with E-state index in [0.29, 0.717) is 12.3 Å². The second-order valence-corrected chi connectivity index (χ2v) is 4.37. The van der Waals surface area contributed by atoms with Crippen LogP contribution in [0.2, 0.25) is 0 Å². The maximum absolute atomic E-state index is 10.9. The lowest BCUT2D eigenvalue weighted by Gasteiger charge is -2.20. The van der Waals surface area contributed by atoms with Crippen LogP contribution in [0.15, 0.2) is 6.20 Å². The van der Waals surface area contributed by atoms with E-state index in [9.17, 15) is 4.79 Å². The zero-order valence-corrected chi connectivity index (χ0v) is 9.66. The van der Waals surface area contributed by atoms with E-state index in [4.69, 9.17) is 4.74 Å². The molecule has 0 saturated carbocycles. The number of carbonyl (C=O) groups is 1. The zero-order chi connectivity index (χ0) is 11.4. The van der Waals surface area contributed by atoms with E-state index in [2.05, 4.69) is 9.97 Å². The van der Waals surface area contributed by atoms with Gasteiger partial charge in [0.25, 0.3) is 0 Å². The fourth-order valence-corrected chi connectivity index (χ4v) is 2.02. The molecule has 16 heavy (non-hydrogen) atoms. The molecule has 0 amide bonds. The number of rotatable bonds is 4. The van der Waals surface area contributed by atoms with Crippen molar-refractivity contribution in [2.45, 2.75) is 38.5 Å². The molecule has 1 aliphatic rings. The molecule has 2 rings (SSSR count). The number of Topliss-reactive ketones (excluding diaryl/α,β-unsaturated/α-hetero) is 1. The fourth-order valence-electron chi connectivity index (χ4n) is 2.02. The molecule has 4 nitrogen and oxygen atoms in total. The summed E-state index contributed by atoms with van der Waals surface area (Å²) >= 11 is 0. The molecule has 1 saturated heterocycles. The molecular formula is C12H18N2O2. The van der Waals surface area contributed by atoms with Gasteiger partial charge < -0.3 is 14.5 Å². The van der Waals surface area contributed by atoms with Crippen molar-refractivity contribution in [3.63, 3.8) is 0 Å². The Balaban J connectivity index is 1.93. The number of nitrogens with zero attached hydrogens (tertiary/aromatic N) is 1. The maximum Gasteiger partial charge on any atom is 0.130 e. The van der Waals surface area contributed by atoms with Gasteiger partial charge in [-0.05, 0) is 19.8 Å². The van der Waals surface area contributed by atoms with E-state index < -0.39 is 0 Å². The average molecular weight is 222 g/mol. The molecule has 0 aromatic carbocycles. The van der Waals surface area contributed by atoms with E-state index in [1.165, 1.54) is 5.69 Å². The number of H-pyrrole nitrogens is 1. The molecule has 1 aliphatic heterocycles. The maximum atomic E-state index is 10.9. The quantitative estimate of drug-likeness (QED) is 0.845. The third-order valence-electron chi connectivity index (χ3n) is 3.02. The van der Waals surface area contributed by atoms with Crippen molar-refractivity contribution in [3.05, 3.63) is 17.7 Å². The van der Waals surface area contributed by atoms with Crippen molar-refractivity contribution in [2.75, 3.05) is 13.2 Å². The van der Waals surface area contributed by atoms with Gasteiger partial charge in [0.2, 0.25) is 0 Å². The van der Waals surface area contributed by atoms with Crippen molar-refractivity contribution >= 4 is 5.78 Å². The van der Waals surface area contributed by atoms with Crippen LogP contribution in [0.3, 0.4) is 0 Å². The standard InChI is InChI=1S/C12H18N2O2/c1-9(15)2-3-12-13-8-11(14-12)10-4-6-16-7-5-10/h8,10H,2-7H2,1H3,(H,13,14). The molecule has 2 heterocycles. The number of ketones is 1. The van der Waals surface area contributed by atoms with Crippen LogP contribution < -0.4 is 0 Å². The predicted octanol–water partition coefficient (Wildman–Crippen LogP) is 1.83. The highest BCUT2D eigenvalue weighted by Crippen LogP contribution is 2.25. The zero-order valence-electron chi connectivity index (χ0n) is 9.66. The van der Waals surface area contributed by atoms with Crippen LogP contribution in [0.4, 0.5) is 0 Å². The average Bonchev–Trinajstić information content (AvgIpc) is 2.76. The SMILES string of the molecule is CC(=O)CCc1ncc(C2CCOCC2)[nH]1. The van der Waals surface area contributed by atoms with Gasteiger partial charge in [-0.3, -0.25) is 0 Å². The first-order valence-corrected chi connectivity index (χ1v) is 5.86. The van der Waals surface area contributed by atoms with Crippen molar-refractivity contribution in [3.8, 4) is 0 Å². The summed E-state index contributed by atoms with van der Waals surface area (Å²) in [5.74, 6) is 1.69. The minimum atomic E-state index is 0.212. The highest BCUT2D eigenvalue weighted by molar-refractivity contribution is 5.75. The van der Waals surface area contributed by atoms with Gasteiger partial charge in [-0.2, -0.15) is 0 Å². The van der Waals surface area contributed by atoms with Crippen LogP contribution in [0.5, 0.6) is 0 Å². The van der Waals surface area contributed by atoms with E-state index in [1.807, 2.05) is 6.20 Å². The molecule has 1 aromatic heterocycles. The number of nitrogens with one attached hydrogen (secondary N) is 1. The van der Waals surface area contributed by atoms with E-state index in [1.54, 1.807) is 6.92 Å². The van der Waals surface area contributed by atoms with Gasteiger partial charge >= 0.3 is 0 Å². The summed E-state index contributed by atoms with van der Waals surface area (Å²) in [6.07, 6.45) is 5.33. The summed E-state index contributed by atoms with van der Waals surface area (Å²) in [6.45, 7) is 3.29. The largest absolute Gasteiger partial charge is 0.381 e. The van der Waals surface area contributed by atoms with Crippen molar-refractivity contribution < 1.29 is 9.53 Å². The van der Waals surface area contributed by atoms with Crippen LogP contribution >= 0.6 is 0 Å². The minimum absolute atomic E-state index is 0.212. The fraction of sp³-hybridized carbons (Fsp3) is 0.667. The summed E-state index contributed by atoms with van der Waals surface area (Å²) in [7, 11) is 0. The number of aromatic amines is 1. The molecule has 0 unspecified atom stereocenters. The lowest BCUT2D eigenvalue weighted by atomic mass is 9.97. The number of aryl methyl sites for hydroxylation is 1. The Bertz CT molecular complexity index is 354. The highest BCUT2D eigenvalue weighted by Gasteiger charge is 2.17. The summed E-state index contributed by atoms with van der Waals surface area (Å²) in [5, 5.41) is 0. The second-order valence-electron chi connectivity index (χ2n) is 4.37. The molecular weight excluding hydrogens is 204 g/mol. The van der Waals surface area contributed by atoms with Gasteiger partial charge in [-0.1, -0.05) is 0 Å². The molecule has 1 N–H and O–H groups in total. The van der Waals surface area contributed by atoms with Crippen LogP contribution in [-0.2, 0) is 16.0 Å². The minimum Gasteiger partial charge on any atom is -0.381 e. The van der Waals surface area contributed by atoms with Crippen LogP contribution in [0.25, 0.3) is 0 Å². The number of hydrogen-bond donors (Lipinski definition) is 1. The lowest BCUT2D eigenvalue weighted by Crippen LogP contribution is -2.14. The van der Waals surface area contributed by atoms with Gasteiger partial charge in [0, 0.05) is 43.9 Å². The van der Waals surface area contributed by atoms with Crippen LogP contribution in [0.1, 0.15) is 43.6 Å². The summed E-state index contributed by atoms with van der Waals surface area (Å²) in [4.78, 5) is 18.5. The molecule has 0 spiro atoms. The third kappa shape index (κ3) is 2.92. The topological polar surface area (TPSA) is 55.0 Å². The van der Waals surface area contributed by atoms with Gasteiger partial charge in [0.05, 0.1) is 0 Å². The van der Waals surface area contributed by atoms with E-state index in [0.717, 1.165) is 38.3 Å². The third-order valence-corrected chi connectivity index (χ3v) is 3.02. The molecule has 4 heteroatoms. The number of ether oxygens (including phenoxy) is 1. The number of carbonyl (C=O) groups excluding carboxylic acids is 1. The normalized spacial score (nSPS) is 17.6. The first-order chi connectivity index (χ1) is 7.75. The highest BCUT2D eigenvalue weighted by atomic mass is 16.5. The Morgan fingerprint density at radius 3 is 3.00 bits per heavy atom. The number of hydrogen-bond acceptors (Lipinski definition) is 3. The smallest absolute Gasteiger partial charge is 0.130 e. The monoisotopic (exact) mass is 222 g/mol. The van der Waals surface area contributed by atoms with Crippen molar-refractivity contribution in [1.29, 1.82) is 0 Å².